The van der Waals surface area contributed by atoms with E-state index in [1.54, 1.807) is 4.90 Å². The third-order valence-electron chi connectivity index (χ3n) is 2.69. The molecule has 82 valence electrons. The number of nitrogens with one attached hydrogen (secondary N) is 3. The molecule has 1 aromatic rings. The van der Waals surface area contributed by atoms with E-state index >= 15 is 0 Å². The molecule has 1 aromatic carbocycles. The maximum atomic E-state index is 11.8. The summed E-state index contributed by atoms with van der Waals surface area (Å²) in [6, 6.07) is 9.38. The van der Waals surface area contributed by atoms with Crippen molar-refractivity contribution in [3.63, 3.8) is 0 Å². The standard InChI is InChI=1S/C10H10N4OS/c15-10-12-7-8(13-9(16)11-7)14(10)6-4-2-1-3-5-6/h1-5,7-8H,(H,12,15)(H2,11,13,16). The first kappa shape index (κ1) is 9.41. The molecular weight excluding hydrogens is 224 g/mol. The smallest absolute Gasteiger partial charge is 0.325 e. The normalized spacial score (nSPS) is 27.1. The zero-order chi connectivity index (χ0) is 11.1. The third-order valence-corrected chi connectivity index (χ3v) is 2.93. The highest BCUT2D eigenvalue weighted by atomic mass is 32.1. The largest absolute Gasteiger partial charge is 0.339 e. The summed E-state index contributed by atoms with van der Waals surface area (Å²) in [4.78, 5) is 13.5. The van der Waals surface area contributed by atoms with Gasteiger partial charge in [0.2, 0.25) is 0 Å². The fraction of sp³-hybridized carbons (Fsp3) is 0.200. The SMILES string of the molecule is O=C1NC2NC(=S)NC2N1c1ccccc1. The van der Waals surface area contributed by atoms with Gasteiger partial charge in [-0.15, -0.1) is 0 Å². The van der Waals surface area contributed by atoms with Gasteiger partial charge in [0.25, 0.3) is 0 Å². The van der Waals surface area contributed by atoms with Gasteiger partial charge in [-0.1, -0.05) is 18.2 Å². The predicted molar refractivity (Wildman–Crippen MR) is 63.9 cm³/mol. The molecular formula is C10H10N4OS. The van der Waals surface area contributed by atoms with Gasteiger partial charge in [0.15, 0.2) is 5.11 Å². The molecule has 2 amide bonds. The second-order valence-electron chi connectivity index (χ2n) is 3.70. The van der Waals surface area contributed by atoms with Crippen LogP contribution in [0.4, 0.5) is 10.5 Å². The summed E-state index contributed by atoms with van der Waals surface area (Å²) in [5.74, 6) is 0. The van der Waals surface area contributed by atoms with Crippen LogP contribution in [0.1, 0.15) is 0 Å². The van der Waals surface area contributed by atoms with E-state index in [0.717, 1.165) is 5.69 Å². The van der Waals surface area contributed by atoms with Crippen molar-refractivity contribution >= 4 is 29.0 Å². The minimum atomic E-state index is -0.153. The number of amides is 2. The summed E-state index contributed by atoms with van der Waals surface area (Å²) in [7, 11) is 0. The van der Waals surface area contributed by atoms with Crippen molar-refractivity contribution in [2.45, 2.75) is 12.3 Å². The molecule has 5 nitrogen and oxygen atoms in total. The van der Waals surface area contributed by atoms with Crippen LogP contribution in [0.3, 0.4) is 0 Å². The summed E-state index contributed by atoms with van der Waals surface area (Å²) in [6.07, 6.45) is -0.303. The Morgan fingerprint density at radius 2 is 1.88 bits per heavy atom. The molecule has 2 saturated heterocycles. The van der Waals surface area contributed by atoms with Gasteiger partial charge in [-0.05, 0) is 24.4 Å². The predicted octanol–water partition coefficient (Wildman–Crippen LogP) is 0.346. The van der Waals surface area contributed by atoms with E-state index in [-0.39, 0.29) is 18.4 Å². The molecule has 16 heavy (non-hydrogen) atoms. The Balaban J connectivity index is 1.95. The van der Waals surface area contributed by atoms with Gasteiger partial charge in [-0.3, -0.25) is 4.90 Å². The maximum Gasteiger partial charge on any atom is 0.325 e. The van der Waals surface area contributed by atoms with Gasteiger partial charge in [0.05, 0.1) is 0 Å². The number of nitrogens with zero attached hydrogens (tertiary/aromatic N) is 1. The van der Waals surface area contributed by atoms with Crippen molar-refractivity contribution < 1.29 is 4.79 Å². The number of hydrogen-bond donors (Lipinski definition) is 3. The number of anilines is 1. The molecule has 6 heteroatoms. The Labute approximate surface area is 97.8 Å². The monoisotopic (exact) mass is 234 g/mol. The Morgan fingerprint density at radius 3 is 2.62 bits per heavy atom. The summed E-state index contributed by atoms with van der Waals surface area (Å²) >= 11 is 5.01. The van der Waals surface area contributed by atoms with Gasteiger partial charge in [0.1, 0.15) is 12.3 Å². The zero-order valence-corrected chi connectivity index (χ0v) is 9.12. The lowest BCUT2D eigenvalue weighted by Crippen LogP contribution is -2.43. The number of para-hydroxylation sites is 1. The second kappa shape index (κ2) is 3.34. The Morgan fingerprint density at radius 1 is 1.12 bits per heavy atom. The van der Waals surface area contributed by atoms with Crippen molar-refractivity contribution in [2.24, 2.45) is 0 Å². The highest BCUT2D eigenvalue weighted by Gasteiger charge is 2.44. The Hall–Kier alpha value is -1.82. The van der Waals surface area contributed by atoms with Crippen LogP contribution in [0.25, 0.3) is 0 Å². The van der Waals surface area contributed by atoms with E-state index in [2.05, 4.69) is 16.0 Å². The highest BCUT2D eigenvalue weighted by Crippen LogP contribution is 2.22. The minimum absolute atomic E-state index is 0.122. The number of urea groups is 1. The number of carbonyl (C=O) groups excluding carboxylic acids is 1. The molecule has 0 aliphatic carbocycles. The van der Waals surface area contributed by atoms with E-state index in [4.69, 9.17) is 12.2 Å². The summed E-state index contributed by atoms with van der Waals surface area (Å²) < 4.78 is 0. The molecule has 2 unspecified atom stereocenters. The van der Waals surface area contributed by atoms with Crippen LogP contribution in [-0.2, 0) is 0 Å². The molecule has 2 aliphatic heterocycles. The lowest BCUT2D eigenvalue weighted by molar-refractivity contribution is 0.250. The average molecular weight is 234 g/mol. The quantitative estimate of drug-likeness (QED) is 0.614. The third kappa shape index (κ3) is 1.30. The fourth-order valence-electron chi connectivity index (χ4n) is 2.00. The topological polar surface area (TPSA) is 56.4 Å². The number of carbonyl (C=O) groups is 1. The van der Waals surface area contributed by atoms with E-state index in [1.807, 2.05) is 30.3 Å². The molecule has 2 atom stereocenters. The fourth-order valence-corrected chi connectivity index (χ4v) is 2.25. The van der Waals surface area contributed by atoms with Crippen LogP contribution in [-0.4, -0.2) is 23.5 Å². The van der Waals surface area contributed by atoms with E-state index in [9.17, 15) is 4.79 Å². The van der Waals surface area contributed by atoms with E-state index < -0.39 is 0 Å². The first-order valence-corrected chi connectivity index (χ1v) is 5.38. The molecule has 2 heterocycles. The van der Waals surface area contributed by atoms with Crippen LogP contribution in [0.5, 0.6) is 0 Å². The molecule has 0 radical (unpaired) electrons. The van der Waals surface area contributed by atoms with Crippen LogP contribution >= 0.6 is 12.2 Å². The first-order valence-electron chi connectivity index (χ1n) is 4.97. The van der Waals surface area contributed by atoms with Crippen molar-refractivity contribution in [1.29, 1.82) is 0 Å². The van der Waals surface area contributed by atoms with Crippen LogP contribution in [0, 0.1) is 0 Å². The van der Waals surface area contributed by atoms with Crippen molar-refractivity contribution in [3.05, 3.63) is 30.3 Å². The summed E-state index contributed by atoms with van der Waals surface area (Å²) in [5.41, 5.74) is 0.853. The van der Waals surface area contributed by atoms with Gasteiger partial charge < -0.3 is 16.0 Å². The molecule has 0 saturated carbocycles. The molecule has 2 aliphatic rings. The maximum absolute atomic E-state index is 11.8. The average Bonchev–Trinajstić information content (AvgIpc) is 2.74. The molecule has 3 rings (SSSR count). The Bertz CT molecular complexity index is 449. The highest BCUT2D eigenvalue weighted by molar-refractivity contribution is 7.80. The number of hydrogen-bond acceptors (Lipinski definition) is 2. The number of thiocarbonyl (C=S) groups is 1. The van der Waals surface area contributed by atoms with Crippen LogP contribution in [0.15, 0.2) is 30.3 Å². The second-order valence-corrected chi connectivity index (χ2v) is 4.10. The molecule has 0 aromatic heterocycles. The molecule has 3 N–H and O–H groups in total. The number of benzene rings is 1. The van der Waals surface area contributed by atoms with Crippen molar-refractivity contribution in [1.82, 2.24) is 16.0 Å². The van der Waals surface area contributed by atoms with E-state index in [0.29, 0.717) is 5.11 Å². The zero-order valence-electron chi connectivity index (χ0n) is 8.31. The van der Waals surface area contributed by atoms with Crippen molar-refractivity contribution in [2.75, 3.05) is 4.90 Å². The van der Waals surface area contributed by atoms with Gasteiger partial charge in [-0.2, -0.15) is 0 Å². The molecule has 0 spiro atoms. The number of fused-ring (bicyclic) bond motifs is 1. The minimum Gasteiger partial charge on any atom is -0.339 e. The summed E-state index contributed by atoms with van der Waals surface area (Å²) in [6.45, 7) is 0. The van der Waals surface area contributed by atoms with Crippen molar-refractivity contribution in [3.8, 4) is 0 Å². The van der Waals surface area contributed by atoms with Gasteiger partial charge in [-0.25, -0.2) is 4.79 Å². The van der Waals surface area contributed by atoms with Crippen LogP contribution < -0.4 is 20.9 Å². The summed E-state index contributed by atoms with van der Waals surface area (Å²) in [5, 5.41) is 9.44. The number of rotatable bonds is 1. The van der Waals surface area contributed by atoms with E-state index in [1.165, 1.54) is 0 Å². The molecule has 0 bridgehead atoms. The molecule has 2 fully saturated rings. The first-order chi connectivity index (χ1) is 7.75. The van der Waals surface area contributed by atoms with Crippen LogP contribution in [0.2, 0.25) is 0 Å². The van der Waals surface area contributed by atoms with Gasteiger partial charge in [0, 0.05) is 5.69 Å². The lowest BCUT2D eigenvalue weighted by atomic mass is 10.3. The van der Waals surface area contributed by atoms with Gasteiger partial charge >= 0.3 is 6.03 Å². The Kier molecular flexibility index (Phi) is 1.97. The lowest BCUT2D eigenvalue weighted by Gasteiger charge is -2.21.